The van der Waals surface area contributed by atoms with E-state index in [1.54, 1.807) is 50.5 Å². The fraction of sp³-hybridized carbons (Fsp3) is 0.238. The molecule has 1 aromatic heterocycles. The number of rotatable bonds is 7. The number of nitrogens with zero attached hydrogens (tertiary/aromatic N) is 2. The fourth-order valence-electron chi connectivity index (χ4n) is 2.78. The normalized spacial score (nSPS) is 10.4. The highest BCUT2D eigenvalue weighted by Gasteiger charge is 2.20. The highest BCUT2D eigenvalue weighted by atomic mass is 32.1. The van der Waals surface area contributed by atoms with E-state index in [1.807, 2.05) is 30.5 Å². The minimum absolute atomic E-state index is 0.108. The topological polar surface area (TPSA) is 60.9 Å². The standard InChI is InChI=1S/C21H22N2O4S/c1-5-23(20(24)14-6-8-15(25-2)9-7-14)21-22-18(13-28-21)17-12-16(26-3)10-11-19(17)27-4/h6-13H,5H2,1-4H3. The average molecular weight is 398 g/mol. The minimum atomic E-state index is -0.108. The van der Waals surface area contributed by atoms with Crippen molar-refractivity contribution < 1.29 is 19.0 Å². The van der Waals surface area contributed by atoms with Crippen LogP contribution in [0.4, 0.5) is 5.13 Å². The summed E-state index contributed by atoms with van der Waals surface area (Å²) < 4.78 is 15.9. The lowest BCUT2D eigenvalue weighted by atomic mass is 10.1. The number of anilines is 1. The van der Waals surface area contributed by atoms with E-state index in [4.69, 9.17) is 14.2 Å². The Kier molecular flexibility index (Phi) is 6.16. The first-order chi connectivity index (χ1) is 13.6. The van der Waals surface area contributed by atoms with Crippen molar-refractivity contribution in [3.8, 4) is 28.5 Å². The highest BCUT2D eigenvalue weighted by Crippen LogP contribution is 2.36. The van der Waals surface area contributed by atoms with Crippen LogP contribution in [0.25, 0.3) is 11.3 Å². The molecule has 0 saturated carbocycles. The molecule has 146 valence electrons. The molecule has 0 spiro atoms. The Morgan fingerprint density at radius 2 is 1.68 bits per heavy atom. The van der Waals surface area contributed by atoms with Gasteiger partial charge < -0.3 is 14.2 Å². The van der Waals surface area contributed by atoms with Crippen LogP contribution < -0.4 is 19.1 Å². The second kappa shape index (κ2) is 8.75. The molecule has 0 aliphatic rings. The van der Waals surface area contributed by atoms with Crippen molar-refractivity contribution in [1.82, 2.24) is 4.98 Å². The van der Waals surface area contributed by atoms with Gasteiger partial charge in [0.15, 0.2) is 5.13 Å². The number of aromatic nitrogens is 1. The highest BCUT2D eigenvalue weighted by molar-refractivity contribution is 7.14. The van der Waals surface area contributed by atoms with Crippen LogP contribution in [0.3, 0.4) is 0 Å². The Morgan fingerprint density at radius 1 is 1.00 bits per heavy atom. The van der Waals surface area contributed by atoms with Gasteiger partial charge in [-0.25, -0.2) is 4.98 Å². The van der Waals surface area contributed by atoms with E-state index in [-0.39, 0.29) is 5.91 Å². The van der Waals surface area contributed by atoms with E-state index < -0.39 is 0 Å². The van der Waals surface area contributed by atoms with Crippen LogP contribution in [-0.4, -0.2) is 38.8 Å². The van der Waals surface area contributed by atoms with Gasteiger partial charge in [0.2, 0.25) is 0 Å². The number of thiazole rings is 1. The summed E-state index contributed by atoms with van der Waals surface area (Å²) >= 11 is 1.41. The van der Waals surface area contributed by atoms with E-state index >= 15 is 0 Å². The Hall–Kier alpha value is -3.06. The maximum atomic E-state index is 13.0. The number of methoxy groups -OCH3 is 3. The molecular formula is C21H22N2O4S. The monoisotopic (exact) mass is 398 g/mol. The molecule has 0 aliphatic carbocycles. The van der Waals surface area contributed by atoms with E-state index in [0.29, 0.717) is 34.5 Å². The summed E-state index contributed by atoms with van der Waals surface area (Å²) in [6, 6.07) is 12.6. The van der Waals surface area contributed by atoms with Crippen molar-refractivity contribution in [2.24, 2.45) is 0 Å². The number of hydrogen-bond donors (Lipinski definition) is 0. The number of amides is 1. The zero-order chi connectivity index (χ0) is 20.1. The second-order valence-electron chi connectivity index (χ2n) is 5.86. The zero-order valence-corrected chi connectivity index (χ0v) is 17.1. The lowest BCUT2D eigenvalue weighted by Crippen LogP contribution is -2.30. The van der Waals surface area contributed by atoms with Gasteiger partial charge in [-0.1, -0.05) is 0 Å². The van der Waals surface area contributed by atoms with Crippen molar-refractivity contribution in [2.75, 3.05) is 32.8 Å². The second-order valence-corrected chi connectivity index (χ2v) is 6.70. The van der Waals surface area contributed by atoms with Gasteiger partial charge in [0.1, 0.15) is 17.2 Å². The number of hydrogen-bond acceptors (Lipinski definition) is 6. The van der Waals surface area contributed by atoms with Gasteiger partial charge in [-0.05, 0) is 49.4 Å². The summed E-state index contributed by atoms with van der Waals surface area (Å²) in [6.07, 6.45) is 0. The van der Waals surface area contributed by atoms with Crippen LogP contribution in [0.15, 0.2) is 47.8 Å². The first-order valence-corrected chi connectivity index (χ1v) is 9.63. The van der Waals surface area contributed by atoms with Crippen LogP contribution in [-0.2, 0) is 0 Å². The Morgan fingerprint density at radius 3 is 2.29 bits per heavy atom. The number of carbonyl (C=O) groups excluding carboxylic acids is 1. The predicted octanol–water partition coefficient (Wildman–Crippen LogP) is 4.50. The molecule has 0 N–H and O–H groups in total. The third-order valence-electron chi connectivity index (χ3n) is 4.30. The fourth-order valence-corrected chi connectivity index (χ4v) is 3.67. The van der Waals surface area contributed by atoms with Crippen LogP contribution in [0.2, 0.25) is 0 Å². The third-order valence-corrected chi connectivity index (χ3v) is 5.17. The Labute approximate surface area is 168 Å². The summed E-state index contributed by atoms with van der Waals surface area (Å²) in [7, 11) is 4.83. The van der Waals surface area contributed by atoms with Gasteiger partial charge in [0, 0.05) is 23.1 Å². The molecule has 6 nitrogen and oxygen atoms in total. The maximum absolute atomic E-state index is 13.0. The number of ether oxygens (including phenoxy) is 3. The lowest BCUT2D eigenvalue weighted by molar-refractivity contribution is 0.0988. The van der Waals surface area contributed by atoms with Crippen molar-refractivity contribution in [2.45, 2.75) is 6.92 Å². The number of carbonyl (C=O) groups is 1. The molecule has 0 saturated heterocycles. The first-order valence-electron chi connectivity index (χ1n) is 8.75. The molecule has 0 unspecified atom stereocenters. The molecule has 0 bridgehead atoms. The predicted molar refractivity (Wildman–Crippen MR) is 111 cm³/mol. The minimum Gasteiger partial charge on any atom is -0.497 e. The molecule has 0 radical (unpaired) electrons. The lowest BCUT2D eigenvalue weighted by Gasteiger charge is -2.18. The first kappa shape index (κ1) is 19.7. The van der Waals surface area contributed by atoms with Crippen molar-refractivity contribution in [3.63, 3.8) is 0 Å². The molecular weight excluding hydrogens is 376 g/mol. The van der Waals surface area contributed by atoms with Gasteiger partial charge in [-0.3, -0.25) is 9.69 Å². The zero-order valence-electron chi connectivity index (χ0n) is 16.3. The van der Waals surface area contributed by atoms with E-state index in [9.17, 15) is 4.79 Å². The van der Waals surface area contributed by atoms with E-state index in [2.05, 4.69) is 4.98 Å². The van der Waals surface area contributed by atoms with Gasteiger partial charge in [-0.15, -0.1) is 11.3 Å². The van der Waals surface area contributed by atoms with Crippen molar-refractivity contribution in [1.29, 1.82) is 0 Å². The molecule has 1 heterocycles. The molecule has 0 aliphatic heterocycles. The summed E-state index contributed by atoms with van der Waals surface area (Å²) in [5, 5.41) is 2.54. The van der Waals surface area contributed by atoms with Crippen LogP contribution in [0.1, 0.15) is 17.3 Å². The van der Waals surface area contributed by atoms with E-state index in [0.717, 1.165) is 11.3 Å². The summed E-state index contributed by atoms with van der Waals surface area (Å²) in [4.78, 5) is 19.3. The molecule has 2 aromatic carbocycles. The quantitative estimate of drug-likeness (QED) is 0.586. The maximum Gasteiger partial charge on any atom is 0.260 e. The van der Waals surface area contributed by atoms with Crippen LogP contribution in [0, 0.1) is 0 Å². The van der Waals surface area contributed by atoms with Gasteiger partial charge in [0.05, 0.1) is 27.0 Å². The largest absolute Gasteiger partial charge is 0.497 e. The van der Waals surface area contributed by atoms with Crippen LogP contribution >= 0.6 is 11.3 Å². The SMILES string of the molecule is CCN(C(=O)c1ccc(OC)cc1)c1nc(-c2cc(OC)ccc2OC)cs1. The molecule has 1 amide bonds. The molecule has 3 aromatic rings. The molecule has 0 fully saturated rings. The molecule has 3 rings (SSSR count). The smallest absolute Gasteiger partial charge is 0.260 e. The summed E-state index contributed by atoms with van der Waals surface area (Å²) in [6.45, 7) is 2.43. The van der Waals surface area contributed by atoms with E-state index in [1.165, 1.54) is 11.3 Å². The summed E-state index contributed by atoms with van der Waals surface area (Å²) in [5.74, 6) is 2.01. The van der Waals surface area contributed by atoms with Crippen molar-refractivity contribution in [3.05, 3.63) is 53.4 Å². The summed E-state index contributed by atoms with van der Waals surface area (Å²) in [5.41, 5.74) is 2.13. The molecule has 7 heteroatoms. The Balaban J connectivity index is 1.92. The molecule has 28 heavy (non-hydrogen) atoms. The number of benzene rings is 2. The van der Waals surface area contributed by atoms with Gasteiger partial charge in [0.25, 0.3) is 5.91 Å². The third kappa shape index (κ3) is 3.94. The average Bonchev–Trinajstić information content (AvgIpc) is 3.23. The van der Waals surface area contributed by atoms with Crippen molar-refractivity contribution >= 4 is 22.4 Å². The Bertz CT molecular complexity index is 953. The van der Waals surface area contributed by atoms with Crippen LogP contribution in [0.5, 0.6) is 17.2 Å². The van der Waals surface area contributed by atoms with Gasteiger partial charge >= 0.3 is 0 Å². The molecule has 0 atom stereocenters. The van der Waals surface area contributed by atoms with Gasteiger partial charge in [-0.2, -0.15) is 0 Å².